The molecular formula is C12H21N5O4. The van der Waals surface area contributed by atoms with Crippen molar-refractivity contribution in [2.24, 2.45) is 0 Å². The van der Waals surface area contributed by atoms with Gasteiger partial charge >= 0.3 is 12.0 Å². The maximum absolute atomic E-state index is 11.8. The van der Waals surface area contributed by atoms with E-state index in [1.54, 1.807) is 11.9 Å². The third-order valence-corrected chi connectivity index (χ3v) is 2.80. The number of nitrogens with one attached hydrogen (secondary N) is 1. The van der Waals surface area contributed by atoms with Gasteiger partial charge in [-0.2, -0.15) is 0 Å². The second-order valence-corrected chi connectivity index (χ2v) is 4.67. The minimum atomic E-state index is -1.00. The van der Waals surface area contributed by atoms with Crippen molar-refractivity contribution in [2.45, 2.75) is 32.4 Å². The number of carboxylic acid groups (broad SMARTS) is 1. The van der Waals surface area contributed by atoms with Crippen LogP contribution in [0, 0.1) is 0 Å². The number of aromatic nitrogens is 3. The summed E-state index contributed by atoms with van der Waals surface area (Å²) in [5, 5.41) is 27.4. The number of nitrogens with zero attached hydrogens (tertiary/aromatic N) is 4. The van der Waals surface area contributed by atoms with Crippen molar-refractivity contribution >= 4 is 12.0 Å². The van der Waals surface area contributed by atoms with Gasteiger partial charge in [0.1, 0.15) is 12.2 Å². The second-order valence-electron chi connectivity index (χ2n) is 4.67. The molecule has 0 aliphatic carbocycles. The standard InChI is InChI=1S/C12H21N5O4/c1-16(5-3-2-4-6-18)12(21)13-7-10-8-17(15-14-10)9-11(19)20/h8,18H,2-7,9H2,1H3,(H,13,21)(H,19,20). The minimum Gasteiger partial charge on any atom is -0.480 e. The molecule has 9 heteroatoms. The zero-order valence-corrected chi connectivity index (χ0v) is 12.0. The van der Waals surface area contributed by atoms with Crippen LogP contribution in [-0.4, -0.2) is 62.3 Å². The van der Waals surface area contributed by atoms with Crippen LogP contribution < -0.4 is 5.32 Å². The molecule has 0 fully saturated rings. The van der Waals surface area contributed by atoms with Crippen LogP contribution in [0.3, 0.4) is 0 Å². The van der Waals surface area contributed by atoms with Crippen molar-refractivity contribution < 1.29 is 19.8 Å². The molecule has 1 rings (SSSR count). The first-order chi connectivity index (χ1) is 10.0. The lowest BCUT2D eigenvalue weighted by Crippen LogP contribution is -2.37. The van der Waals surface area contributed by atoms with Crippen LogP contribution in [-0.2, 0) is 17.9 Å². The zero-order valence-electron chi connectivity index (χ0n) is 12.0. The number of rotatable bonds is 9. The Labute approximate surface area is 122 Å². The van der Waals surface area contributed by atoms with Crippen molar-refractivity contribution in [3.8, 4) is 0 Å². The molecule has 0 saturated carbocycles. The van der Waals surface area contributed by atoms with Gasteiger partial charge in [0, 0.05) is 20.2 Å². The lowest BCUT2D eigenvalue weighted by atomic mass is 10.2. The molecule has 0 unspecified atom stereocenters. The van der Waals surface area contributed by atoms with Crippen LogP contribution in [0.4, 0.5) is 4.79 Å². The van der Waals surface area contributed by atoms with Crippen LogP contribution in [0.15, 0.2) is 6.20 Å². The van der Waals surface area contributed by atoms with Crippen LogP contribution in [0.25, 0.3) is 0 Å². The third-order valence-electron chi connectivity index (χ3n) is 2.80. The number of urea groups is 1. The molecule has 1 aromatic heterocycles. The van der Waals surface area contributed by atoms with E-state index in [1.807, 2.05) is 0 Å². The maximum atomic E-state index is 11.8. The fourth-order valence-corrected chi connectivity index (χ4v) is 1.68. The number of carboxylic acids is 1. The molecule has 2 amide bonds. The first-order valence-electron chi connectivity index (χ1n) is 6.73. The molecule has 0 atom stereocenters. The number of carbonyl (C=O) groups is 2. The quantitative estimate of drug-likeness (QED) is 0.537. The number of unbranched alkanes of at least 4 members (excludes halogenated alkanes) is 2. The summed E-state index contributed by atoms with van der Waals surface area (Å²) in [5.41, 5.74) is 0.498. The first kappa shape index (κ1) is 16.9. The number of aliphatic hydroxyl groups is 1. The summed E-state index contributed by atoms with van der Waals surface area (Å²) < 4.78 is 1.20. The van der Waals surface area contributed by atoms with Gasteiger partial charge < -0.3 is 20.4 Å². The van der Waals surface area contributed by atoms with Gasteiger partial charge in [-0.3, -0.25) is 4.79 Å². The number of hydrogen-bond donors (Lipinski definition) is 3. The van der Waals surface area contributed by atoms with Gasteiger partial charge in [-0.15, -0.1) is 5.10 Å². The molecule has 1 aromatic rings. The average Bonchev–Trinajstić information content (AvgIpc) is 2.87. The Bertz CT molecular complexity index is 462. The third kappa shape index (κ3) is 6.70. The SMILES string of the molecule is CN(CCCCCO)C(=O)NCc1cn(CC(=O)O)nn1. The Morgan fingerprint density at radius 3 is 2.81 bits per heavy atom. The smallest absolute Gasteiger partial charge is 0.325 e. The van der Waals surface area contributed by atoms with E-state index in [0.717, 1.165) is 19.3 Å². The van der Waals surface area contributed by atoms with E-state index in [1.165, 1.54) is 10.9 Å². The monoisotopic (exact) mass is 299 g/mol. The van der Waals surface area contributed by atoms with Crippen LogP contribution in [0.2, 0.25) is 0 Å². The minimum absolute atomic E-state index is 0.169. The van der Waals surface area contributed by atoms with Gasteiger partial charge in [-0.25, -0.2) is 9.48 Å². The van der Waals surface area contributed by atoms with Gasteiger partial charge in [0.15, 0.2) is 0 Å². The Hall–Kier alpha value is -2.16. The van der Waals surface area contributed by atoms with Gasteiger partial charge in [0.05, 0.1) is 12.7 Å². The van der Waals surface area contributed by atoms with Crippen molar-refractivity contribution in [3.63, 3.8) is 0 Å². The highest BCUT2D eigenvalue weighted by Gasteiger charge is 2.09. The van der Waals surface area contributed by atoms with E-state index in [4.69, 9.17) is 10.2 Å². The highest BCUT2D eigenvalue weighted by atomic mass is 16.4. The van der Waals surface area contributed by atoms with Crippen LogP contribution >= 0.6 is 0 Å². The van der Waals surface area contributed by atoms with Gasteiger partial charge in [-0.1, -0.05) is 5.21 Å². The van der Waals surface area contributed by atoms with Crippen molar-refractivity contribution in [1.82, 2.24) is 25.2 Å². The highest BCUT2D eigenvalue weighted by molar-refractivity contribution is 5.73. The molecule has 0 saturated heterocycles. The first-order valence-corrected chi connectivity index (χ1v) is 6.73. The van der Waals surface area contributed by atoms with E-state index in [2.05, 4.69) is 15.6 Å². The molecule has 0 aromatic carbocycles. The normalized spacial score (nSPS) is 10.4. The van der Waals surface area contributed by atoms with Crippen molar-refractivity contribution in [3.05, 3.63) is 11.9 Å². The largest absolute Gasteiger partial charge is 0.480 e. The van der Waals surface area contributed by atoms with Gasteiger partial charge in [0.25, 0.3) is 0 Å². The molecule has 0 aliphatic heterocycles. The molecule has 0 aliphatic rings. The average molecular weight is 299 g/mol. The molecule has 3 N–H and O–H groups in total. The van der Waals surface area contributed by atoms with E-state index in [0.29, 0.717) is 12.2 Å². The molecule has 9 nitrogen and oxygen atoms in total. The predicted octanol–water partition coefficient (Wildman–Crippen LogP) is -0.333. The molecule has 118 valence electrons. The molecule has 0 bridgehead atoms. The van der Waals surface area contributed by atoms with E-state index < -0.39 is 5.97 Å². The van der Waals surface area contributed by atoms with E-state index >= 15 is 0 Å². The van der Waals surface area contributed by atoms with Gasteiger partial charge in [-0.05, 0) is 19.3 Å². The number of carbonyl (C=O) groups excluding carboxylic acids is 1. The van der Waals surface area contributed by atoms with Crippen LogP contribution in [0.5, 0.6) is 0 Å². The number of hydrogen-bond acceptors (Lipinski definition) is 5. The lowest BCUT2D eigenvalue weighted by molar-refractivity contribution is -0.137. The predicted molar refractivity (Wildman–Crippen MR) is 73.5 cm³/mol. The molecular weight excluding hydrogens is 278 g/mol. The molecule has 0 radical (unpaired) electrons. The van der Waals surface area contributed by atoms with Gasteiger partial charge in [0.2, 0.25) is 0 Å². The van der Waals surface area contributed by atoms with E-state index in [9.17, 15) is 9.59 Å². The van der Waals surface area contributed by atoms with E-state index in [-0.39, 0.29) is 25.7 Å². The lowest BCUT2D eigenvalue weighted by Gasteiger charge is -2.17. The number of amides is 2. The summed E-state index contributed by atoms with van der Waals surface area (Å²) in [7, 11) is 1.69. The Morgan fingerprint density at radius 1 is 1.38 bits per heavy atom. The maximum Gasteiger partial charge on any atom is 0.325 e. The Morgan fingerprint density at radius 2 is 2.14 bits per heavy atom. The molecule has 1 heterocycles. The second kappa shape index (κ2) is 8.90. The summed E-state index contributed by atoms with van der Waals surface area (Å²) in [6.07, 6.45) is 3.93. The summed E-state index contributed by atoms with van der Waals surface area (Å²) in [5.74, 6) is -1.00. The summed E-state index contributed by atoms with van der Waals surface area (Å²) in [6.45, 7) is 0.713. The molecule has 0 spiro atoms. The summed E-state index contributed by atoms with van der Waals surface area (Å²) >= 11 is 0. The van der Waals surface area contributed by atoms with Crippen molar-refractivity contribution in [2.75, 3.05) is 20.2 Å². The summed E-state index contributed by atoms with van der Waals surface area (Å²) in [6, 6.07) is -0.230. The summed E-state index contributed by atoms with van der Waals surface area (Å²) in [4.78, 5) is 23.8. The highest BCUT2D eigenvalue weighted by Crippen LogP contribution is 1.98. The van der Waals surface area contributed by atoms with Crippen LogP contribution in [0.1, 0.15) is 25.0 Å². The topological polar surface area (TPSA) is 121 Å². The Balaban J connectivity index is 2.28. The molecule has 21 heavy (non-hydrogen) atoms. The van der Waals surface area contributed by atoms with Crippen molar-refractivity contribution in [1.29, 1.82) is 0 Å². The number of aliphatic hydroxyl groups excluding tert-OH is 1. The Kier molecular flexibility index (Phi) is 7.16. The fraction of sp³-hybridized carbons (Fsp3) is 0.667. The fourth-order valence-electron chi connectivity index (χ4n) is 1.68. The number of aliphatic carboxylic acids is 1. The zero-order chi connectivity index (χ0) is 15.7.